The van der Waals surface area contributed by atoms with Crippen LogP contribution < -0.4 is 0 Å². The number of fused-ring (bicyclic) bond motifs is 8. The van der Waals surface area contributed by atoms with E-state index in [2.05, 4.69) is 0 Å². The van der Waals surface area contributed by atoms with Gasteiger partial charge in [0, 0.05) is 16.3 Å². The fraction of sp³-hybridized carbons (Fsp3) is 0. The molecule has 0 unspecified atom stereocenters. The molecule has 41 heavy (non-hydrogen) atoms. The molecule has 0 bridgehead atoms. The molecule has 0 atom stereocenters. The summed E-state index contributed by atoms with van der Waals surface area (Å²) in [4.78, 5) is 0. The van der Waals surface area contributed by atoms with Crippen molar-refractivity contribution in [3.63, 3.8) is 0 Å². The van der Waals surface area contributed by atoms with Crippen molar-refractivity contribution in [3.8, 4) is 22.3 Å². The molecule has 9 rings (SSSR count). The average Bonchev–Trinajstić information content (AvgIpc) is 3.58. The fourth-order valence-corrected chi connectivity index (χ4v) is 5.99. The zero-order valence-electron chi connectivity index (χ0n) is 34.3. The van der Waals surface area contributed by atoms with Gasteiger partial charge in [-0.3, -0.25) is 0 Å². The summed E-state index contributed by atoms with van der Waals surface area (Å²) < 4.78 is 122. The minimum absolute atomic E-state index is 0.0507. The van der Waals surface area contributed by atoms with Gasteiger partial charge in [0.15, 0.2) is 0 Å². The normalized spacial score (nSPS) is 16.3. The van der Waals surface area contributed by atoms with Gasteiger partial charge >= 0.3 is 0 Å². The van der Waals surface area contributed by atoms with Crippen LogP contribution in [-0.4, -0.2) is 0 Å². The van der Waals surface area contributed by atoms with E-state index in [1.807, 2.05) is 66.7 Å². The Morgan fingerprint density at radius 1 is 0.488 bits per heavy atom. The number of hydrogen-bond acceptors (Lipinski definition) is 1. The Bertz CT molecular complexity index is 3170. The second-order valence-corrected chi connectivity index (χ2v) is 9.86. The Morgan fingerprint density at radius 3 is 2.17 bits per heavy atom. The quantitative estimate of drug-likeness (QED) is 0.159. The summed E-state index contributed by atoms with van der Waals surface area (Å²) in [5.74, 6) is 0. The Morgan fingerprint density at radius 2 is 1.27 bits per heavy atom. The van der Waals surface area contributed by atoms with Crippen LogP contribution in [0.2, 0.25) is 0 Å². The molecule has 9 aromatic rings. The van der Waals surface area contributed by atoms with E-state index in [-0.39, 0.29) is 49.9 Å². The highest BCUT2D eigenvalue weighted by molar-refractivity contribution is 6.27. The zero-order chi connectivity index (χ0) is 38.2. The second kappa shape index (κ2) is 8.55. The summed E-state index contributed by atoms with van der Waals surface area (Å²) in [5.41, 5.74) is -0.557. The molecule has 0 aliphatic rings. The first kappa shape index (κ1) is 13.3. The molecule has 1 heteroatoms. The monoisotopic (exact) mass is 533 g/mol. The highest BCUT2D eigenvalue weighted by atomic mass is 16.3. The molecule has 0 N–H and O–H groups in total. The third-order valence-corrected chi connectivity index (χ3v) is 7.71. The molecule has 1 aromatic heterocycles. The van der Waals surface area contributed by atoms with E-state index in [9.17, 15) is 2.74 Å². The largest absolute Gasteiger partial charge is 0.455 e. The smallest absolute Gasteiger partial charge is 0.143 e. The van der Waals surface area contributed by atoms with E-state index < -0.39 is 78.1 Å². The maximum Gasteiger partial charge on any atom is 0.143 e. The van der Waals surface area contributed by atoms with Crippen LogP contribution >= 0.6 is 0 Å². The van der Waals surface area contributed by atoms with Crippen molar-refractivity contribution in [1.29, 1.82) is 0 Å². The average molecular weight is 534 g/mol. The van der Waals surface area contributed by atoms with Crippen molar-refractivity contribution < 1.29 is 22.2 Å². The predicted molar refractivity (Wildman–Crippen MR) is 175 cm³/mol. The highest BCUT2D eigenvalue weighted by Gasteiger charge is 2.21. The van der Waals surface area contributed by atoms with Gasteiger partial charge in [-0.1, -0.05) is 127 Å². The molecule has 1 nitrogen and oxygen atoms in total. The van der Waals surface area contributed by atoms with Crippen molar-refractivity contribution >= 4 is 65.0 Å². The first-order chi connectivity index (χ1) is 25.8. The van der Waals surface area contributed by atoms with Gasteiger partial charge in [-0.05, 0) is 77.9 Å². The summed E-state index contributed by atoms with van der Waals surface area (Å²) in [6, 6.07) is 13.5. The van der Waals surface area contributed by atoms with E-state index in [4.69, 9.17) is 19.5 Å². The van der Waals surface area contributed by atoms with Crippen LogP contribution in [0.1, 0.15) is 17.8 Å². The first-order valence-corrected chi connectivity index (χ1v) is 13.1. The Hall–Kier alpha value is -5.40. The fourth-order valence-electron chi connectivity index (χ4n) is 5.99. The van der Waals surface area contributed by atoms with Gasteiger partial charge in [0.05, 0.1) is 17.8 Å². The summed E-state index contributed by atoms with van der Waals surface area (Å²) in [6.45, 7) is 0. The SMILES string of the molecule is [2H]c1c([2H])c([2H])c(-c2c3oc4c([2H])c([2H])c([2H])c(-c5c6ccccc6cc6c5ccc5ccccc56)c4c3c([2H])c3c([2H])c([2H])c([2H])c([2H])c23)c([2H])c1[2H]. The standard InChI is InChI=1S/C40H24O/c1-2-12-26(13-3-1)37-30-17-8-5-15-28(30)24-35-39-33(19-10-20-36(39)41-40(35)37)38-31-18-9-6-14-27(31)23-34-29-16-7-4-11-25(29)21-22-32(34)38/h1-24H/i1D,2D,3D,5D,8D,10D,12D,13D,15D,17D,19D,20D,24D. The number of furan rings is 1. The Balaban J connectivity index is 1.62. The Labute approximate surface area is 255 Å². The lowest BCUT2D eigenvalue weighted by Crippen LogP contribution is -1.88. The van der Waals surface area contributed by atoms with Crippen molar-refractivity contribution in [2.45, 2.75) is 0 Å². The minimum Gasteiger partial charge on any atom is -0.455 e. The van der Waals surface area contributed by atoms with Crippen LogP contribution in [0, 0.1) is 0 Å². The van der Waals surface area contributed by atoms with Gasteiger partial charge in [-0.15, -0.1) is 0 Å². The van der Waals surface area contributed by atoms with Crippen LogP contribution in [0.15, 0.2) is 150 Å². The van der Waals surface area contributed by atoms with Crippen LogP contribution in [-0.2, 0) is 0 Å². The Kier molecular flexibility index (Phi) is 2.77. The molecule has 0 aliphatic heterocycles. The molecular formula is C40H24O. The first-order valence-electron chi connectivity index (χ1n) is 19.6. The molecule has 0 aliphatic carbocycles. The van der Waals surface area contributed by atoms with Crippen molar-refractivity contribution in [2.75, 3.05) is 0 Å². The van der Waals surface area contributed by atoms with Crippen molar-refractivity contribution in [2.24, 2.45) is 0 Å². The van der Waals surface area contributed by atoms with E-state index >= 15 is 0 Å². The van der Waals surface area contributed by atoms with Crippen molar-refractivity contribution in [3.05, 3.63) is 145 Å². The van der Waals surface area contributed by atoms with Crippen LogP contribution in [0.25, 0.3) is 87.3 Å². The lowest BCUT2D eigenvalue weighted by Gasteiger charge is -2.15. The number of benzene rings is 8. The van der Waals surface area contributed by atoms with Crippen LogP contribution in [0.3, 0.4) is 0 Å². The van der Waals surface area contributed by atoms with Crippen LogP contribution in [0.5, 0.6) is 0 Å². The van der Waals surface area contributed by atoms with Gasteiger partial charge < -0.3 is 4.42 Å². The highest BCUT2D eigenvalue weighted by Crippen LogP contribution is 2.47. The molecule has 1 heterocycles. The maximum atomic E-state index is 9.63. The zero-order valence-corrected chi connectivity index (χ0v) is 21.3. The molecule has 0 saturated heterocycles. The molecule has 0 spiro atoms. The lowest BCUT2D eigenvalue weighted by molar-refractivity contribution is 0.670. The molecule has 0 saturated carbocycles. The van der Waals surface area contributed by atoms with Gasteiger partial charge in [0.25, 0.3) is 0 Å². The molecule has 0 radical (unpaired) electrons. The van der Waals surface area contributed by atoms with Gasteiger partial charge in [-0.2, -0.15) is 0 Å². The van der Waals surface area contributed by atoms with E-state index in [0.717, 1.165) is 21.5 Å². The maximum absolute atomic E-state index is 9.63. The topological polar surface area (TPSA) is 13.1 Å². The molecular weight excluding hydrogens is 496 g/mol. The summed E-state index contributed by atoms with van der Waals surface area (Å²) >= 11 is 0. The van der Waals surface area contributed by atoms with E-state index in [1.54, 1.807) is 0 Å². The predicted octanol–water partition coefficient (Wildman–Crippen LogP) is 11.5. The number of hydrogen-bond donors (Lipinski definition) is 0. The third-order valence-electron chi connectivity index (χ3n) is 7.71. The molecule has 0 amide bonds. The van der Waals surface area contributed by atoms with Gasteiger partial charge in [-0.25, -0.2) is 0 Å². The second-order valence-electron chi connectivity index (χ2n) is 9.86. The van der Waals surface area contributed by atoms with Crippen molar-refractivity contribution in [1.82, 2.24) is 0 Å². The summed E-state index contributed by atoms with van der Waals surface area (Å²) in [6.07, 6.45) is 0. The third kappa shape index (κ3) is 3.24. The summed E-state index contributed by atoms with van der Waals surface area (Å²) in [7, 11) is 0. The summed E-state index contributed by atoms with van der Waals surface area (Å²) in [5, 5.41) is 4.30. The van der Waals surface area contributed by atoms with Gasteiger partial charge in [0.1, 0.15) is 11.2 Å². The molecule has 8 aromatic carbocycles. The van der Waals surface area contributed by atoms with E-state index in [0.29, 0.717) is 16.3 Å². The molecule has 190 valence electrons. The lowest BCUT2D eigenvalue weighted by atomic mass is 9.87. The molecule has 0 fully saturated rings. The van der Waals surface area contributed by atoms with E-state index in [1.165, 1.54) is 0 Å². The van der Waals surface area contributed by atoms with Gasteiger partial charge in [0.2, 0.25) is 0 Å². The minimum atomic E-state index is -0.697. The number of rotatable bonds is 2. The van der Waals surface area contributed by atoms with Crippen LogP contribution in [0.4, 0.5) is 0 Å².